The number of benzene rings is 2. The van der Waals surface area contributed by atoms with Crippen molar-refractivity contribution < 1.29 is 14.3 Å². The Hall–Kier alpha value is -3.75. The van der Waals surface area contributed by atoms with Crippen molar-refractivity contribution in [2.75, 3.05) is 6.79 Å². The summed E-state index contributed by atoms with van der Waals surface area (Å²) < 4.78 is 12.1. The van der Waals surface area contributed by atoms with E-state index in [2.05, 4.69) is 26.1 Å². The van der Waals surface area contributed by atoms with E-state index in [1.54, 1.807) is 31.2 Å². The van der Waals surface area contributed by atoms with Crippen LogP contribution in [0.3, 0.4) is 0 Å². The van der Waals surface area contributed by atoms with Crippen molar-refractivity contribution in [1.29, 1.82) is 0 Å². The SMILES string of the molecule is C/C(=N\NC(=O)c1ccc(-n2cnnn2)cc1)c1ccc2c(c1)OCO2. The Morgan fingerprint density at radius 2 is 1.88 bits per heavy atom. The van der Waals surface area contributed by atoms with Crippen LogP contribution in [-0.2, 0) is 0 Å². The highest BCUT2D eigenvalue weighted by Crippen LogP contribution is 2.32. The quantitative estimate of drug-likeness (QED) is 0.565. The van der Waals surface area contributed by atoms with E-state index in [0.717, 1.165) is 11.3 Å². The topological polar surface area (TPSA) is 104 Å². The minimum absolute atomic E-state index is 0.215. The van der Waals surface area contributed by atoms with E-state index in [1.165, 1.54) is 11.0 Å². The molecule has 26 heavy (non-hydrogen) atoms. The second-order valence-electron chi connectivity index (χ2n) is 5.51. The molecule has 1 aliphatic heterocycles. The first-order chi connectivity index (χ1) is 12.7. The number of carbonyl (C=O) groups is 1. The number of nitrogens with zero attached hydrogens (tertiary/aromatic N) is 5. The molecule has 0 bridgehead atoms. The van der Waals surface area contributed by atoms with Crippen molar-refractivity contribution in [2.45, 2.75) is 6.92 Å². The lowest BCUT2D eigenvalue weighted by molar-refractivity contribution is 0.0955. The van der Waals surface area contributed by atoms with Crippen molar-refractivity contribution in [1.82, 2.24) is 25.6 Å². The molecule has 2 aromatic carbocycles. The Morgan fingerprint density at radius 3 is 2.65 bits per heavy atom. The first-order valence-corrected chi connectivity index (χ1v) is 7.79. The number of aromatic nitrogens is 4. The molecule has 4 rings (SSSR count). The molecule has 0 fully saturated rings. The second-order valence-corrected chi connectivity index (χ2v) is 5.51. The van der Waals surface area contributed by atoms with Crippen molar-refractivity contribution >= 4 is 11.6 Å². The third kappa shape index (κ3) is 3.09. The molecule has 2 heterocycles. The molecule has 0 spiro atoms. The number of hydrazone groups is 1. The van der Waals surface area contributed by atoms with Gasteiger partial charge in [-0.1, -0.05) is 0 Å². The molecule has 3 aromatic rings. The van der Waals surface area contributed by atoms with E-state index >= 15 is 0 Å². The van der Waals surface area contributed by atoms with Crippen LogP contribution < -0.4 is 14.9 Å². The average molecular weight is 350 g/mol. The van der Waals surface area contributed by atoms with Gasteiger partial charge in [-0.2, -0.15) is 5.10 Å². The highest BCUT2D eigenvalue weighted by molar-refractivity contribution is 6.01. The van der Waals surface area contributed by atoms with Crippen LogP contribution in [0.5, 0.6) is 11.5 Å². The van der Waals surface area contributed by atoms with E-state index in [0.29, 0.717) is 22.8 Å². The van der Waals surface area contributed by atoms with E-state index in [4.69, 9.17) is 9.47 Å². The molecular weight excluding hydrogens is 336 g/mol. The number of amides is 1. The van der Waals surface area contributed by atoms with Gasteiger partial charge in [-0.25, -0.2) is 10.1 Å². The summed E-state index contributed by atoms with van der Waals surface area (Å²) in [4.78, 5) is 12.3. The Bertz CT molecular complexity index is 967. The molecule has 0 unspecified atom stereocenters. The number of carbonyl (C=O) groups excluding carboxylic acids is 1. The summed E-state index contributed by atoms with van der Waals surface area (Å²) in [6.45, 7) is 2.02. The zero-order valence-corrected chi connectivity index (χ0v) is 13.8. The summed E-state index contributed by atoms with van der Waals surface area (Å²) in [7, 11) is 0. The van der Waals surface area contributed by atoms with Crippen LogP contribution >= 0.6 is 0 Å². The van der Waals surface area contributed by atoms with Gasteiger partial charge < -0.3 is 9.47 Å². The van der Waals surface area contributed by atoms with Gasteiger partial charge in [0.05, 0.1) is 11.4 Å². The van der Waals surface area contributed by atoms with E-state index in [1.807, 2.05) is 18.2 Å². The molecule has 0 saturated carbocycles. The van der Waals surface area contributed by atoms with Crippen molar-refractivity contribution in [3.05, 3.63) is 59.9 Å². The van der Waals surface area contributed by atoms with Crippen LogP contribution in [0.1, 0.15) is 22.8 Å². The van der Waals surface area contributed by atoms with Crippen LogP contribution in [0.2, 0.25) is 0 Å². The van der Waals surface area contributed by atoms with Gasteiger partial charge in [-0.15, -0.1) is 5.10 Å². The molecule has 1 aromatic heterocycles. The molecule has 130 valence electrons. The summed E-state index contributed by atoms with van der Waals surface area (Å²) >= 11 is 0. The van der Waals surface area contributed by atoms with Gasteiger partial charge >= 0.3 is 0 Å². The lowest BCUT2D eigenvalue weighted by atomic mass is 10.1. The third-order valence-corrected chi connectivity index (χ3v) is 3.86. The van der Waals surface area contributed by atoms with E-state index < -0.39 is 0 Å². The molecule has 1 aliphatic rings. The van der Waals surface area contributed by atoms with Crippen LogP contribution in [0.15, 0.2) is 53.9 Å². The Morgan fingerprint density at radius 1 is 1.12 bits per heavy atom. The number of nitrogens with one attached hydrogen (secondary N) is 1. The molecule has 9 nitrogen and oxygen atoms in total. The Labute approximate surface area is 148 Å². The van der Waals surface area contributed by atoms with Gasteiger partial charge in [0.25, 0.3) is 5.91 Å². The molecule has 1 amide bonds. The zero-order chi connectivity index (χ0) is 17.9. The number of ether oxygens (including phenoxy) is 2. The molecule has 9 heteroatoms. The Balaban J connectivity index is 1.45. The molecular formula is C17H14N6O3. The van der Waals surface area contributed by atoms with Crippen molar-refractivity contribution in [3.63, 3.8) is 0 Å². The molecule has 0 aliphatic carbocycles. The predicted molar refractivity (Wildman–Crippen MR) is 91.4 cm³/mol. The van der Waals surface area contributed by atoms with Gasteiger partial charge in [-0.05, 0) is 59.8 Å². The normalized spacial score (nSPS) is 12.9. The highest BCUT2D eigenvalue weighted by atomic mass is 16.7. The minimum Gasteiger partial charge on any atom is -0.454 e. The van der Waals surface area contributed by atoms with Crippen LogP contribution in [0.4, 0.5) is 0 Å². The lowest BCUT2D eigenvalue weighted by Crippen LogP contribution is -2.19. The van der Waals surface area contributed by atoms with E-state index in [9.17, 15) is 4.79 Å². The molecule has 1 N–H and O–H groups in total. The maximum Gasteiger partial charge on any atom is 0.271 e. The number of rotatable bonds is 4. The third-order valence-electron chi connectivity index (χ3n) is 3.86. The molecule has 0 radical (unpaired) electrons. The monoisotopic (exact) mass is 350 g/mol. The predicted octanol–water partition coefficient (Wildman–Crippen LogP) is 1.54. The van der Waals surface area contributed by atoms with Gasteiger partial charge in [0.1, 0.15) is 6.33 Å². The van der Waals surface area contributed by atoms with Crippen LogP contribution in [-0.4, -0.2) is 38.6 Å². The van der Waals surface area contributed by atoms with Gasteiger partial charge in [0.2, 0.25) is 6.79 Å². The van der Waals surface area contributed by atoms with Gasteiger partial charge in [-0.3, -0.25) is 4.79 Å². The summed E-state index contributed by atoms with van der Waals surface area (Å²) in [6, 6.07) is 12.4. The first kappa shape index (κ1) is 15.8. The summed E-state index contributed by atoms with van der Waals surface area (Å²) in [5, 5.41) is 15.1. The van der Waals surface area contributed by atoms with Gasteiger partial charge in [0, 0.05) is 11.1 Å². The zero-order valence-electron chi connectivity index (χ0n) is 13.8. The Kier molecular flexibility index (Phi) is 4.02. The summed E-state index contributed by atoms with van der Waals surface area (Å²) in [5.41, 5.74) is 5.27. The summed E-state index contributed by atoms with van der Waals surface area (Å²) in [6.07, 6.45) is 1.48. The number of fused-ring (bicyclic) bond motifs is 1. The maximum absolute atomic E-state index is 12.3. The largest absolute Gasteiger partial charge is 0.454 e. The second kappa shape index (κ2) is 6.63. The molecule has 0 saturated heterocycles. The smallest absolute Gasteiger partial charge is 0.271 e. The average Bonchev–Trinajstić information content (AvgIpc) is 3.37. The number of tetrazole rings is 1. The number of hydrogen-bond acceptors (Lipinski definition) is 7. The fourth-order valence-corrected chi connectivity index (χ4v) is 2.43. The van der Waals surface area contributed by atoms with Crippen LogP contribution in [0.25, 0.3) is 5.69 Å². The minimum atomic E-state index is -0.312. The van der Waals surface area contributed by atoms with Gasteiger partial charge in [0.15, 0.2) is 11.5 Å². The van der Waals surface area contributed by atoms with Crippen molar-refractivity contribution in [2.24, 2.45) is 5.10 Å². The van der Waals surface area contributed by atoms with E-state index in [-0.39, 0.29) is 12.7 Å². The highest BCUT2D eigenvalue weighted by Gasteiger charge is 2.14. The lowest BCUT2D eigenvalue weighted by Gasteiger charge is -2.05. The fourth-order valence-electron chi connectivity index (χ4n) is 2.43. The standard InChI is InChI=1S/C17H14N6O3/c1-11(13-4-7-15-16(8-13)26-10-25-15)19-20-17(24)12-2-5-14(6-3-12)23-9-18-21-22-23/h2-9H,10H2,1H3,(H,20,24)/b19-11+. The van der Waals surface area contributed by atoms with Crippen LogP contribution in [0, 0.1) is 0 Å². The molecule has 0 atom stereocenters. The van der Waals surface area contributed by atoms with Crippen molar-refractivity contribution in [3.8, 4) is 17.2 Å². The first-order valence-electron chi connectivity index (χ1n) is 7.79. The fraction of sp³-hybridized carbons (Fsp3) is 0.118. The number of hydrogen-bond donors (Lipinski definition) is 1. The summed E-state index contributed by atoms with van der Waals surface area (Å²) in [5.74, 6) is 1.06. The maximum atomic E-state index is 12.3.